The Labute approximate surface area is 54.3 Å². The molecule has 0 unspecified atom stereocenters. The molecule has 0 aromatic heterocycles. The molecule has 0 nitrogen and oxygen atoms in total. The zero-order valence-corrected chi connectivity index (χ0v) is 7.66. The van der Waals surface area contributed by atoms with Crippen molar-refractivity contribution in [3.63, 3.8) is 0 Å². The van der Waals surface area contributed by atoms with Gasteiger partial charge in [0, 0.05) is 10.2 Å². The summed E-state index contributed by atoms with van der Waals surface area (Å²) in [5.74, 6) is 0. The number of hydrogen-bond donors (Lipinski definition) is 0. The van der Waals surface area contributed by atoms with Gasteiger partial charge in [-0.3, -0.25) is 0 Å². The summed E-state index contributed by atoms with van der Waals surface area (Å²) in [5, 5.41) is 1.31. The average Bonchev–Trinajstić information content (AvgIpc) is 0.811. The molecule has 0 radical (unpaired) electrons. The van der Waals surface area contributed by atoms with Crippen LogP contribution in [0.1, 0.15) is 6.92 Å². The first kappa shape index (κ1) is 16.0. The van der Waals surface area contributed by atoms with Gasteiger partial charge in [-0.25, -0.2) is 0 Å². The topological polar surface area (TPSA) is 0 Å². The lowest BCUT2D eigenvalue weighted by atomic mass is 10.8. The van der Waals surface area contributed by atoms with Gasteiger partial charge in [0.25, 0.3) is 0 Å². The van der Waals surface area contributed by atoms with Crippen LogP contribution in [0.4, 0.5) is 0 Å². The monoisotopic (exact) mass is 144 g/mol. The fraction of sp³-hybridized carbons (Fsp3) is 0.333. The van der Waals surface area contributed by atoms with Crippen LogP contribution in [-0.2, 0) is 0 Å². The van der Waals surface area contributed by atoms with Crippen molar-refractivity contribution in [2.24, 2.45) is 0 Å². The Morgan fingerprint density at radius 3 is 1.50 bits per heavy atom. The largest absolute Gasteiger partial charge is 0.147 e. The molecule has 0 aliphatic carbocycles. The first-order valence-electron chi connectivity index (χ1n) is 1.35. The Morgan fingerprint density at radius 2 is 1.50 bits per heavy atom. The highest BCUT2D eigenvalue weighted by Gasteiger charge is 1.52. The first-order valence-corrected chi connectivity index (χ1v) is 2.35. The molecule has 0 saturated carbocycles. The maximum absolute atomic E-state index is 3.62. The van der Waals surface area contributed by atoms with Gasteiger partial charge in [0.15, 0.2) is 0 Å². The highest BCUT2D eigenvalue weighted by Crippen LogP contribution is 1.65. The molecule has 0 N–H and O–H groups in total. The van der Waals surface area contributed by atoms with Crippen molar-refractivity contribution in [3.8, 4) is 0 Å². The van der Waals surface area contributed by atoms with Crippen molar-refractivity contribution in [3.05, 3.63) is 11.8 Å². The van der Waals surface area contributed by atoms with Crippen LogP contribution in [0, 0.1) is 0 Å². The number of hydrogen-bond acceptors (Lipinski definition) is 0. The lowest BCUT2D eigenvalue weighted by Crippen LogP contribution is -1.56. The predicted molar refractivity (Wildman–Crippen MR) is 39.2 cm³/mol. The normalized spacial score (nSPS) is 4.83. The third kappa shape index (κ3) is 197. The van der Waals surface area contributed by atoms with Crippen molar-refractivity contribution < 1.29 is 0 Å². The minimum absolute atomic E-state index is 0. The summed E-state index contributed by atoms with van der Waals surface area (Å²) in [7, 11) is 1.15. The Kier molecular flexibility index (Phi) is 24.3. The molecule has 0 fully saturated rings. The number of rotatable bonds is 0. The molecule has 0 amide bonds. The zero-order valence-electron chi connectivity index (χ0n) is 4.02. The average molecular weight is 145 g/mol. The Hall–Kier alpha value is 0.537. The number of allylic oxidation sites excluding steroid dienone is 1. The molecule has 0 spiro atoms. The smallest absolute Gasteiger partial charge is 0.0321 e. The highest BCUT2D eigenvalue weighted by atomic mass is 35.5. The van der Waals surface area contributed by atoms with Crippen LogP contribution in [0.15, 0.2) is 11.8 Å². The van der Waals surface area contributed by atoms with E-state index >= 15 is 0 Å². The van der Waals surface area contributed by atoms with Crippen molar-refractivity contribution >= 4 is 35.1 Å². The maximum Gasteiger partial charge on any atom is 0.0321 e. The second-order valence-corrected chi connectivity index (χ2v) is 2.91. The van der Waals surface area contributed by atoms with Gasteiger partial charge in [-0.1, -0.05) is 0 Å². The van der Waals surface area contributed by atoms with Crippen molar-refractivity contribution in [2.45, 2.75) is 6.92 Å². The van der Waals surface area contributed by atoms with Gasteiger partial charge in [-0.15, -0.1) is 36.6 Å². The van der Waals surface area contributed by atoms with Gasteiger partial charge in [0.1, 0.15) is 0 Å². The van der Waals surface area contributed by atoms with Gasteiger partial charge < -0.3 is 0 Å². The van der Waals surface area contributed by atoms with Gasteiger partial charge in [-0.2, -0.15) is 0 Å². The van der Waals surface area contributed by atoms with Crippen molar-refractivity contribution in [1.82, 2.24) is 0 Å². The fourth-order valence-corrected chi connectivity index (χ4v) is 0. The standard InChI is InChI=1S/C3H8Si.2ClH/c1-3(2)4;;/h1H2,2,4H3;2*1H. The van der Waals surface area contributed by atoms with E-state index in [1.165, 1.54) is 5.20 Å². The second-order valence-electron chi connectivity index (χ2n) is 1.21. The molecule has 0 bridgehead atoms. The molecule has 0 aromatic rings. The Bertz CT molecular complexity index is 31.8. The lowest BCUT2D eigenvalue weighted by Gasteiger charge is -1.65. The third-order valence-corrected chi connectivity index (χ3v) is 0. The van der Waals surface area contributed by atoms with Gasteiger partial charge in [-0.05, 0) is 6.92 Å². The number of halogens is 2. The van der Waals surface area contributed by atoms with E-state index in [9.17, 15) is 0 Å². The van der Waals surface area contributed by atoms with Crippen LogP contribution >= 0.6 is 24.8 Å². The van der Waals surface area contributed by atoms with E-state index in [0.29, 0.717) is 0 Å². The van der Waals surface area contributed by atoms with E-state index in [1.54, 1.807) is 0 Å². The molecule has 0 atom stereocenters. The SMILES string of the molecule is C=C(C)[SiH3].Cl.Cl. The van der Waals surface area contributed by atoms with Crippen LogP contribution < -0.4 is 0 Å². The first-order chi connectivity index (χ1) is 1.73. The molecular formula is C3H10Cl2Si. The van der Waals surface area contributed by atoms with Crippen LogP contribution in [0.2, 0.25) is 0 Å². The molecule has 40 valence electrons. The van der Waals surface area contributed by atoms with E-state index in [4.69, 9.17) is 0 Å². The molecule has 3 heteroatoms. The van der Waals surface area contributed by atoms with Gasteiger partial charge >= 0.3 is 0 Å². The molecule has 0 aliphatic heterocycles. The molecule has 0 aliphatic rings. The molecule has 0 aromatic carbocycles. The molecular weight excluding hydrogens is 135 g/mol. The third-order valence-electron chi connectivity index (χ3n) is 0. The second kappa shape index (κ2) is 9.11. The van der Waals surface area contributed by atoms with Gasteiger partial charge in [0.2, 0.25) is 0 Å². The van der Waals surface area contributed by atoms with Crippen molar-refractivity contribution in [1.29, 1.82) is 0 Å². The maximum atomic E-state index is 3.62. The predicted octanol–water partition coefficient (Wildman–Crippen LogP) is 0.729. The Morgan fingerprint density at radius 1 is 1.50 bits per heavy atom. The summed E-state index contributed by atoms with van der Waals surface area (Å²) in [6.07, 6.45) is 0. The van der Waals surface area contributed by atoms with E-state index in [-0.39, 0.29) is 24.8 Å². The molecule has 6 heavy (non-hydrogen) atoms. The molecule has 0 rings (SSSR count). The van der Waals surface area contributed by atoms with Crippen LogP contribution in [-0.4, -0.2) is 10.2 Å². The Balaban J connectivity index is -0.0000000450. The van der Waals surface area contributed by atoms with E-state index in [1.807, 2.05) is 6.92 Å². The van der Waals surface area contributed by atoms with Crippen LogP contribution in [0.3, 0.4) is 0 Å². The zero-order chi connectivity index (χ0) is 3.58. The minimum Gasteiger partial charge on any atom is -0.147 e. The molecule has 0 heterocycles. The summed E-state index contributed by atoms with van der Waals surface area (Å²) >= 11 is 0. The van der Waals surface area contributed by atoms with E-state index < -0.39 is 0 Å². The minimum atomic E-state index is 0. The van der Waals surface area contributed by atoms with Crippen LogP contribution in [0.25, 0.3) is 0 Å². The lowest BCUT2D eigenvalue weighted by molar-refractivity contribution is 1.72. The van der Waals surface area contributed by atoms with Gasteiger partial charge in [0.05, 0.1) is 0 Å². The van der Waals surface area contributed by atoms with E-state index in [0.717, 1.165) is 10.2 Å². The highest BCUT2D eigenvalue weighted by molar-refractivity contribution is 6.20. The molecule has 0 saturated heterocycles. The summed E-state index contributed by atoms with van der Waals surface area (Å²) < 4.78 is 0. The fourth-order valence-electron chi connectivity index (χ4n) is 0. The van der Waals surface area contributed by atoms with Crippen molar-refractivity contribution in [2.75, 3.05) is 0 Å². The summed E-state index contributed by atoms with van der Waals surface area (Å²) in [4.78, 5) is 0. The van der Waals surface area contributed by atoms with Crippen LogP contribution in [0.5, 0.6) is 0 Å². The summed E-state index contributed by atoms with van der Waals surface area (Å²) in [6, 6.07) is 0. The summed E-state index contributed by atoms with van der Waals surface area (Å²) in [5.41, 5.74) is 0. The quantitative estimate of drug-likeness (QED) is 0.441. The van der Waals surface area contributed by atoms with E-state index in [2.05, 4.69) is 6.58 Å². The summed E-state index contributed by atoms with van der Waals surface area (Å²) in [6.45, 7) is 5.65.